The number of hydrogen-bond acceptors (Lipinski definition) is 9. The van der Waals surface area contributed by atoms with Crippen LogP contribution in [0.4, 0.5) is 5.69 Å². The SMILES string of the molecule is CN1CCSC1.CNC1(C)CC1.CNC1(C)CCC1.CNC1(C)CCCC1.CNC1(C)CCCCC1.CNC12CC3CC(CC(C3)C1)C2.CNC12CCCC1CCC2.CNc1c(C)cccc1C. The van der Waals surface area contributed by atoms with E-state index in [-0.39, 0.29) is 0 Å². The molecule has 12 rings (SSSR count). The Labute approximate surface area is 426 Å². The van der Waals surface area contributed by atoms with Crippen LogP contribution >= 0.6 is 11.8 Å². The molecule has 10 saturated carbocycles. The molecular formula is C59H114N8S. The van der Waals surface area contributed by atoms with Gasteiger partial charge in [-0.2, -0.15) is 0 Å². The van der Waals surface area contributed by atoms with Crippen LogP contribution in [0.2, 0.25) is 0 Å². The van der Waals surface area contributed by atoms with Gasteiger partial charge in [0.1, 0.15) is 0 Å². The van der Waals surface area contributed by atoms with Gasteiger partial charge in [-0.25, -0.2) is 0 Å². The van der Waals surface area contributed by atoms with Crippen molar-refractivity contribution in [1.29, 1.82) is 0 Å². The summed E-state index contributed by atoms with van der Waals surface area (Å²) in [4.78, 5) is 2.32. The van der Waals surface area contributed by atoms with E-state index in [0.29, 0.717) is 33.2 Å². The number of para-hydroxylation sites is 1. The molecule has 1 aromatic carbocycles. The van der Waals surface area contributed by atoms with Crippen molar-refractivity contribution >= 4 is 17.4 Å². The van der Waals surface area contributed by atoms with Gasteiger partial charge in [0.25, 0.3) is 0 Å². The van der Waals surface area contributed by atoms with Gasteiger partial charge in [0.2, 0.25) is 0 Å². The number of nitrogens with one attached hydrogen (secondary N) is 7. The number of fused-ring (bicyclic) bond motifs is 1. The molecule has 4 bridgehead atoms. The second kappa shape index (κ2) is 28.5. The first kappa shape index (κ1) is 59.7. The van der Waals surface area contributed by atoms with Crippen LogP contribution in [0.5, 0.6) is 0 Å². The van der Waals surface area contributed by atoms with Crippen molar-refractivity contribution in [2.45, 2.75) is 242 Å². The largest absolute Gasteiger partial charge is 0.388 e. The van der Waals surface area contributed by atoms with Crippen molar-refractivity contribution in [3.63, 3.8) is 0 Å². The highest BCUT2D eigenvalue weighted by molar-refractivity contribution is 7.99. The first-order valence-electron chi connectivity index (χ1n) is 28.5. The Morgan fingerprint density at radius 3 is 1.15 bits per heavy atom. The Bertz CT molecular complexity index is 1450. The normalized spacial score (nSPS) is 32.0. The maximum absolute atomic E-state index is 3.61. The number of benzene rings is 1. The standard InChI is InChI=1S/C11H19N.C9H17N.C9H13N.C8H17N.C7H15N.C6H13N.C5H11N.C4H9NS/c1-12-11-5-8-2-9(6-11)4-10(3-8)7-11;1-10-9-6-2-4-8(9)5-3-7-9;1-7-5-4-6-8(2)9(7)10-3;1-8(9-2)6-4-3-5-7-8;1-7(8-2)5-3-4-6-7;1-6(7-2)4-3-5-6;1-5(6-2)3-4-5;1-5-2-3-6-4-5/h8-10,12H,2-7H2,1H3;8,10H,2-7H2,1H3;4-6,10H,1-3H3;9H,3-7H2,1-2H3;8H,3-6H2,1-2H3;7H,3-5H2,1-2H3;6H,3-4H2,1-2H3;2-4H2,1H3. The fourth-order valence-electron chi connectivity index (χ4n) is 13.5. The van der Waals surface area contributed by atoms with Crippen LogP contribution in [0.25, 0.3) is 0 Å². The molecule has 1 saturated heterocycles. The predicted octanol–water partition coefficient (Wildman–Crippen LogP) is 12.4. The summed E-state index contributed by atoms with van der Waals surface area (Å²) in [6, 6.07) is 6.29. The molecule has 7 N–H and O–H groups in total. The van der Waals surface area contributed by atoms with Crippen LogP contribution < -0.4 is 37.2 Å². The summed E-state index contributed by atoms with van der Waals surface area (Å²) in [7, 11) is 16.6. The molecule has 0 unspecified atom stereocenters. The average molecular weight is 968 g/mol. The zero-order chi connectivity index (χ0) is 49.9. The lowest BCUT2D eigenvalue weighted by molar-refractivity contribution is -0.0158. The van der Waals surface area contributed by atoms with E-state index in [4.69, 9.17) is 0 Å². The molecule has 0 amide bonds. The van der Waals surface area contributed by atoms with E-state index in [1.165, 1.54) is 183 Å². The molecule has 9 heteroatoms. The van der Waals surface area contributed by atoms with E-state index in [1.54, 1.807) is 19.3 Å². The van der Waals surface area contributed by atoms with Gasteiger partial charge in [0.15, 0.2) is 0 Å². The van der Waals surface area contributed by atoms with Crippen LogP contribution in [0.15, 0.2) is 18.2 Å². The van der Waals surface area contributed by atoms with Crippen LogP contribution in [-0.4, -0.2) is 113 Å². The Kier molecular flexibility index (Phi) is 25.0. The molecule has 0 spiro atoms. The van der Waals surface area contributed by atoms with Crippen LogP contribution in [0, 0.1) is 37.5 Å². The maximum Gasteiger partial charge on any atom is 0.0442 e. The molecule has 1 aromatic rings. The van der Waals surface area contributed by atoms with Gasteiger partial charge < -0.3 is 37.2 Å². The zero-order valence-corrected chi connectivity index (χ0v) is 48.2. The Hall–Kier alpha value is -0.910. The van der Waals surface area contributed by atoms with E-state index in [1.807, 2.05) is 32.9 Å². The lowest BCUT2D eigenvalue weighted by Crippen LogP contribution is -2.57. The molecule has 0 radical (unpaired) electrons. The van der Waals surface area contributed by atoms with Gasteiger partial charge in [-0.05, 0) is 248 Å². The minimum Gasteiger partial charge on any atom is -0.388 e. The van der Waals surface area contributed by atoms with Crippen molar-refractivity contribution in [3.8, 4) is 0 Å². The number of thioether (sulfide) groups is 1. The third kappa shape index (κ3) is 18.9. The van der Waals surface area contributed by atoms with Gasteiger partial charge in [-0.15, -0.1) is 11.8 Å². The van der Waals surface area contributed by atoms with Crippen molar-refractivity contribution in [2.75, 3.05) is 79.9 Å². The van der Waals surface area contributed by atoms with E-state index >= 15 is 0 Å². The lowest BCUT2D eigenvalue weighted by Gasteiger charge is -2.56. The fraction of sp³-hybridized carbons (Fsp3) is 0.898. The third-order valence-corrected chi connectivity index (χ3v) is 20.5. The second-order valence-electron chi connectivity index (χ2n) is 24.8. The van der Waals surface area contributed by atoms with Gasteiger partial charge in [0, 0.05) is 64.1 Å². The zero-order valence-electron chi connectivity index (χ0n) is 47.4. The number of anilines is 1. The number of nitrogens with zero attached hydrogens (tertiary/aromatic N) is 1. The van der Waals surface area contributed by atoms with Gasteiger partial charge in [-0.1, -0.05) is 63.1 Å². The van der Waals surface area contributed by atoms with Crippen LogP contribution in [0.1, 0.15) is 206 Å². The second-order valence-corrected chi connectivity index (χ2v) is 25.9. The molecule has 68 heavy (non-hydrogen) atoms. The topological polar surface area (TPSA) is 87.5 Å². The van der Waals surface area contributed by atoms with Crippen molar-refractivity contribution in [1.82, 2.24) is 36.8 Å². The summed E-state index contributed by atoms with van der Waals surface area (Å²) >= 11 is 2.01. The van der Waals surface area contributed by atoms with E-state index in [2.05, 4.69) is 137 Å². The molecule has 1 aliphatic heterocycles. The van der Waals surface area contributed by atoms with Gasteiger partial charge in [-0.3, -0.25) is 4.90 Å². The first-order chi connectivity index (χ1) is 32.4. The van der Waals surface area contributed by atoms with E-state index < -0.39 is 0 Å². The predicted molar refractivity (Wildman–Crippen MR) is 303 cm³/mol. The van der Waals surface area contributed by atoms with Gasteiger partial charge >= 0.3 is 0 Å². The van der Waals surface area contributed by atoms with Crippen LogP contribution in [-0.2, 0) is 0 Å². The molecule has 10 aliphatic carbocycles. The lowest BCUT2D eigenvalue weighted by atomic mass is 9.53. The molecule has 11 fully saturated rings. The highest BCUT2D eigenvalue weighted by Gasteiger charge is 2.50. The quantitative estimate of drug-likeness (QED) is 0.144. The Morgan fingerprint density at radius 2 is 0.912 bits per heavy atom. The molecule has 0 atom stereocenters. The average Bonchev–Trinajstić information content (AvgIpc) is 3.82. The van der Waals surface area contributed by atoms with Crippen molar-refractivity contribution in [2.24, 2.45) is 23.7 Å². The summed E-state index contributed by atoms with van der Waals surface area (Å²) in [6.45, 7) is 14.7. The summed E-state index contributed by atoms with van der Waals surface area (Å²) in [6.07, 6.45) is 37.3. The fourth-order valence-corrected chi connectivity index (χ4v) is 14.5. The highest BCUT2D eigenvalue weighted by Crippen LogP contribution is 2.55. The van der Waals surface area contributed by atoms with E-state index in [0.717, 1.165) is 23.7 Å². The molecule has 8 nitrogen and oxygen atoms in total. The molecule has 0 aromatic heterocycles. The smallest absolute Gasteiger partial charge is 0.0442 e. The van der Waals surface area contributed by atoms with E-state index in [9.17, 15) is 0 Å². The Balaban J connectivity index is 0.000000171. The number of aryl methyl sites for hydroxylation is 2. The molecule has 1 heterocycles. The first-order valence-corrected chi connectivity index (χ1v) is 29.7. The minimum atomic E-state index is 0.470. The summed E-state index contributed by atoms with van der Waals surface area (Å²) in [5.74, 6) is 6.85. The molecule has 396 valence electrons. The van der Waals surface area contributed by atoms with Crippen molar-refractivity contribution in [3.05, 3.63) is 29.3 Å². The summed E-state index contributed by atoms with van der Waals surface area (Å²) in [5.41, 5.74) is 7.07. The van der Waals surface area contributed by atoms with Gasteiger partial charge in [0.05, 0.1) is 0 Å². The third-order valence-electron chi connectivity index (χ3n) is 19.4. The minimum absolute atomic E-state index is 0.470. The summed E-state index contributed by atoms with van der Waals surface area (Å²) < 4.78 is 0. The molecular weight excluding hydrogens is 853 g/mol. The number of rotatable bonds is 7. The maximum atomic E-state index is 3.61. The molecule has 11 aliphatic rings. The number of hydrogen-bond donors (Lipinski definition) is 7. The summed E-state index contributed by atoms with van der Waals surface area (Å²) in [5, 5.41) is 23.5. The highest BCUT2D eigenvalue weighted by atomic mass is 32.2. The Morgan fingerprint density at radius 1 is 0.500 bits per heavy atom. The van der Waals surface area contributed by atoms with Crippen LogP contribution in [0.3, 0.4) is 0 Å². The van der Waals surface area contributed by atoms with Crippen molar-refractivity contribution < 1.29 is 0 Å². The monoisotopic (exact) mass is 967 g/mol.